The summed E-state index contributed by atoms with van der Waals surface area (Å²) in [7, 11) is -2.80. The maximum absolute atomic E-state index is 12.1. The Morgan fingerprint density at radius 3 is 2.43 bits per heavy atom. The number of nitro groups is 1. The van der Waals surface area contributed by atoms with Crippen LogP contribution in [0.3, 0.4) is 0 Å². The van der Waals surface area contributed by atoms with Gasteiger partial charge >= 0.3 is 0 Å². The Morgan fingerprint density at radius 2 is 1.95 bits per heavy atom. The zero-order valence-electron chi connectivity index (χ0n) is 11.2. The van der Waals surface area contributed by atoms with Gasteiger partial charge in [0.25, 0.3) is 6.04 Å². The summed E-state index contributed by atoms with van der Waals surface area (Å²) in [5.41, 5.74) is -0.0334. The molecule has 112 valence electrons. The van der Waals surface area contributed by atoms with Gasteiger partial charge in [-0.1, -0.05) is 6.08 Å². The van der Waals surface area contributed by atoms with E-state index in [1.165, 1.54) is 19.1 Å². The van der Waals surface area contributed by atoms with Crippen molar-refractivity contribution in [3.05, 3.63) is 33.4 Å². The van der Waals surface area contributed by atoms with E-state index in [1.54, 1.807) is 0 Å². The van der Waals surface area contributed by atoms with Gasteiger partial charge in [-0.25, -0.2) is 0 Å². The first-order chi connectivity index (χ1) is 9.82. The topological polar surface area (TPSA) is 111 Å². The minimum atomic E-state index is -2.80. The lowest BCUT2D eigenvalue weighted by Gasteiger charge is -2.16. The van der Waals surface area contributed by atoms with Crippen LogP contribution in [0.4, 0.5) is 0 Å². The molecule has 0 radical (unpaired) electrons. The number of rotatable bonds is 5. The van der Waals surface area contributed by atoms with E-state index in [1.807, 2.05) is 0 Å². The van der Waals surface area contributed by atoms with Gasteiger partial charge in [0, 0.05) is 10.8 Å². The molecule has 1 fully saturated rings. The fourth-order valence-corrected chi connectivity index (χ4v) is 2.96. The van der Waals surface area contributed by atoms with Gasteiger partial charge < -0.3 is 0 Å². The first-order valence-corrected chi connectivity index (χ1v) is 7.44. The number of allylic oxidation sites excluding steroid dienone is 2. The quantitative estimate of drug-likeness (QED) is 0.316. The largest absolute Gasteiger partial charge is 0.299 e. The Balaban J connectivity index is 2.36. The van der Waals surface area contributed by atoms with E-state index in [2.05, 4.69) is 0 Å². The van der Waals surface area contributed by atoms with Crippen molar-refractivity contribution >= 4 is 26.7 Å². The van der Waals surface area contributed by atoms with E-state index < -0.39 is 38.3 Å². The lowest BCUT2D eigenvalue weighted by atomic mass is 9.89. The third-order valence-corrected chi connectivity index (χ3v) is 4.43. The predicted molar refractivity (Wildman–Crippen MR) is 73.9 cm³/mol. The molecule has 2 rings (SSSR count). The average molecular weight is 311 g/mol. The maximum atomic E-state index is 12.1. The zero-order chi connectivity index (χ0) is 15.7. The van der Waals surface area contributed by atoms with Crippen molar-refractivity contribution in [1.29, 1.82) is 0 Å². The van der Waals surface area contributed by atoms with Crippen molar-refractivity contribution in [3.8, 4) is 0 Å². The molecule has 0 heterocycles. The molecule has 21 heavy (non-hydrogen) atoms. The number of carbonyl (C=O) groups excluding carboxylic acids is 2. The van der Waals surface area contributed by atoms with E-state index in [4.69, 9.17) is 0 Å². The Kier molecular flexibility index (Phi) is 4.17. The second-order valence-electron chi connectivity index (χ2n) is 5.10. The molecule has 0 bridgehead atoms. The summed E-state index contributed by atoms with van der Waals surface area (Å²) in [4.78, 5) is 33.7. The van der Waals surface area contributed by atoms with Crippen molar-refractivity contribution < 1.29 is 22.9 Å². The third-order valence-electron chi connectivity index (χ3n) is 3.52. The van der Waals surface area contributed by atoms with Crippen LogP contribution < -0.4 is 0 Å². The molecule has 0 aromatic heterocycles. The highest BCUT2D eigenvalue weighted by molar-refractivity contribution is 7.73. The van der Waals surface area contributed by atoms with Gasteiger partial charge in [0.1, 0.15) is 5.78 Å². The Morgan fingerprint density at radius 1 is 1.33 bits per heavy atom. The molecular weight excluding hydrogens is 298 g/mol. The molecule has 0 aromatic carbocycles. The van der Waals surface area contributed by atoms with Crippen LogP contribution in [-0.2, 0) is 19.9 Å². The van der Waals surface area contributed by atoms with Crippen molar-refractivity contribution in [1.82, 2.24) is 0 Å². The molecule has 0 aromatic rings. The number of ketones is 2. The molecule has 0 saturated heterocycles. The average Bonchev–Trinajstić information content (AvgIpc) is 3.21. The van der Waals surface area contributed by atoms with Crippen LogP contribution in [-0.4, -0.2) is 35.8 Å². The number of carbonyl (C=O) groups is 2. The zero-order valence-corrected chi connectivity index (χ0v) is 12.1. The van der Waals surface area contributed by atoms with Crippen LogP contribution in [0.25, 0.3) is 0 Å². The van der Waals surface area contributed by atoms with E-state index in [9.17, 15) is 28.1 Å². The van der Waals surface area contributed by atoms with Crippen LogP contribution in [0.2, 0.25) is 0 Å². The molecule has 2 aliphatic carbocycles. The molecule has 8 heteroatoms. The molecule has 0 amide bonds. The predicted octanol–water partition coefficient (Wildman–Crippen LogP) is 0.508. The SMILES string of the molecule is CC1=CC=C(C(=O)CC(=O)C2CC2)C([N+](=O)[O-])C1=S(=O)=O. The summed E-state index contributed by atoms with van der Waals surface area (Å²) in [5.74, 6) is -1.04. The van der Waals surface area contributed by atoms with Gasteiger partial charge in [0.05, 0.1) is 12.0 Å². The van der Waals surface area contributed by atoms with Crippen LogP contribution in [0.5, 0.6) is 0 Å². The highest BCUT2D eigenvalue weighted by atomic mass is 32.2. The van der Waals surface area contributed by atoms with Crippen LogP contribution in [0, 0.1) is 16.0 Å². The number of hydrogen-bond donors (Lipinski definition) is 0. The van der Waals surface area contributed by atoms with Gasteiger partial charge in [0.15, 0.2) is 10.6 Å². The molecule has 1 saturated carbocycles. The van der Waals surface area contributed by atoms with Crippen molar-refractivity contribution in [3.63, 3.8) is 0 Å². The van der Waals surface area contributed by atoms with E-state index >= 15 is 0 Å². The van der Waals surface area contributed by atoms with Crippen molar-refractivity contribution in [2.45, 2.75) is 32.2 Å². The van der Waals surface area contributed by atoms with E-state index in [0.29, 0.717) is 0 Å². The summed E-state index contributed by atoms with van der Waals surface area (Å²) in [6.45, 7) is 1.43. The summed E-state index contributed by atoms with van der Waals surface area (Å²) >= 11 is 0. The van der Waals surface area contributed by atoms with E-state index in [-0.39, 0.29) is 22.8 Å². The van der Waals surface area contributed by atoms with Gasteiger partial charge in [-0.15, -0.1) is 0 Å². The Hall–Kier alpha value is -2.09. The van der Waals surface area contributed by atoms with Gasteiger partial charge in [0.2, 0.25) is 10.3 Å². The van der Waals surface area contributed by atoms with Crippen LogP contribution in [0.1, 0.15) is 26.2 Å². The van der Waals surface area contributed by atoms with E-state index in [0.717, 1.165) is 12.8 Å². The summed E-state index contributed by atoms with van der Waals surface area (Å²) in [6, 6.07) is -1.73. The van der Waals surface area contributed by atoms with Gasteiger partial charge in [-0.05, 0) is 31.4 Å². The smallest absolute Gasteiger partial charge is 0.281 e. The molecule has 2 aliphatic rings. The lowest BCUT2D eigenvalue weighted by Crippen LogP contribution is -2.38. The molecule has 7 nitrogen and oxygen atoms in total. The van der Waals surface area contributed by atoms with Crippen LogP contribution >= 0.6 is 0 Å². The molecular formula is C13H13NO6S. The normalized spacial score (nSPS) is 21.4. The summed E-state index contributed by atoms with van der Waals surface area (Å²) in [5, 5.41) is 11.2. The molecule has 1 atom stereocenters. The molecule has 1 unspecified atom stereocenters. The fraction of sp³-hybridized carbons (Fsp3) is 0.462. The maximum Gasteiger partial charge on any atom is 0.281 e. The highest BCUT2D eigenvalue weighted by Crippen LogP contribution is 2.31. The third kappa shape index (κ3) is 3.15. The Bertz CT molecular complexity index is 716. The summed E-state index contributed by atoms with van der Waals surface area (Å²) in [6.07, 6.45) is 3.66. The first kappa shape index (κ1) is 15.3. The monoisotopic (exact) mass is 311 g/mol. The standard InChI is InChI=1S/C13H13NO6S/c1-7-2-5-9(11(16)6-10(15)8-3-4-8)12(14(17)18)13(7)21(19)20/h2,5,8,12H,3-4,6H2,1H3. The summed E-state index contributed by atoms with van der Waals surface area (Å²) < 4.78 is 22.4. The lowest BCUT2D eigenvalue weighted by molar-refractivity contribution is -0.491. The second kappa shape index (κ2) is 5.72. The molecule has 0 spiro atoms. The van der Waals surface area contributed by atoms with Crippen molar-refractivity contribution in [2.24, 2.45) is 5.92 Å². The Labute approximate surface area is 122 Å². The van der Waals surface area contributed by atoms with Gasteiger partial charge in [-0.3, -0.25) is 19.7 Å². The number of hydrogen-bond acceptors (Lipinski definition) is 6. The fourth-order valence-electron chi connectivity index (χ4n) is 2.23. The van der Waals surface area contributed by atoms with Gasteiger partial charge in [-0.2, -0.15) is 8.42 Å². The minimum Gasteiger partial charge on any atom is -0.299 e. The molecule has 0 aliphatic heterocycles. The van der Waals surface area contributed by atoms with Crippen LogP contribution in [0.15, 0.2) is 23.3 Å². The highest BCUT2D eigenvalue weighted by Gasteiger charge is 2.40. The minimum absolute atomic E-state index is 0.124. The number of Topliss-reactive ketones (excluding diaryl/α,β-unsaturated/α-hetero) is 2. The first-order valence-electron chi connectivity index (χ1n) is 6.37. The second-order valence-corrected chi connectivity index (χ2v) is 6.01. The van der Waals surface area contributed by atoms with Crippen molar-refractivity contribution in [2.75, 3.05) is 0 Å². The molecule has 0 N–H and O–H groups in total. The number of nitrogens with zero attached hydrogens (tertiary/aromatic N) is 1.